The van der Waals surface area contributed by atoms with Gasteiger partial charge in [-0.1, -0.05) is 42.0 Å². The number of esters is 1. The molecular formula is C19H25NO6. The van der Waals surface area contributed by atoms with Gasteiger partial charge in [0.05, 0.1) is 20.3 Å². The Morgan fingerprint density at radius 1 is 1.23 bits per heavy atom. The molecule has 0 N–H and O–H groups in total. The molecule has 7 heteroatoms. The highest BCUT2D eigenvalue weighted by molar-refractivity contribution is 5.74. The maximum Gasteiger partial charge on any atom is 0.337 e. The fourth-order valence-electron chi connectivity index (χ4n) is 4.71. The van der Waals surface area contributed by atoms with Crippen LogP contribution in [0.2, 0.25) is 0 Å². The van der Waals surface area contributed by atoms with E-state index in [1.807, 2.05) is 18.2 Å². The number of rotatable bonds is 4. The Kier molecular flexibility index (Phi) is 4.98. The van der Waals surface area contributed by atoms with Crippen LogP contribution in [-0.4, -0.2) is 43.3 Å². The van der Waals surface area contributed by atoms with Gasteiger partial charge in [0.1, 0.15) is 0 Å². The molecule has 2 aliphatic heterocycles. The molecule has 4 rings (SSSR count). The van der Waals surface area contributed by atoms with Gasteiger partial charge < -0.3 is 4.74 Å². The molecule has 7 nitrogen and oxygen atoms in total. The molecule has 1 saturated carbocycles. The average molecular weight is 363 g/mol. The second-order valence-corrected chi connectivity index (χ2v) is 7.15. The van der Waals surface area contributed by atoms with Gasteiger partial charge in [-0.3, -0.25) is 4.84 Å². The summed E-state index contributed by atoms with van der Waals surface area (Å²) in [4.78, 5) is 34.8. The van der Waals surface area contributed by atoms with Gasteiger partial charge >= 0.3 is 5.97 Å². The largest absolute Gasteiger partial charge is 0.467 e. The summed E-state index contributed by atoms with van der Waals surface area (Å²) in [5.41, 5.74) is 1.19. The number of benzene rings is 1. The highest BCUT2D eigenvalue weighted by Crippen LogP contribution is 2.54. The predicted octanol–water partition coefficient (Wildman–Crippen LogP) is 2.73. The van der Waals surface area contributed by atoms with Crippen molar-refractivity contribution in [1.82, 2.24) is 5.23 Å². The summed E-state index contributed by atoms with van der Waals surface area (Å²) in [6, 6.07) is 10.2. The Morgan fingerprint density at radius 2 is 2.04 bits per heavy atom. The Morgan fingerprint density at radius 3 is 2.77 bits per heavy atom. The van der Waals surface area contributed by atoms with E-state index < -0.39 is 11.9 Å². The SMILES string of the molecule is COOC12CCCCC1C(c1ccccc1)C1CC(C(=O)OC)ON1O2. The van der Waals surface area contributed by atoms with E-state index in [-0.39, 0.29) is 23.8 Å². The van der Waals surface area contributed by atoms with Gasteiger partial charge in [-0.25, -0.2) is 14.5 Å². The van der Waals surface area contributed by atoms with Crippen molar-refractivity contribution in [2.45, 2.75) is 56.0 Å². The zero-order valence-electron chi connectivity index (χ0n) is 15.1. The van der Waals surface area contributed by atoms with Crippen LogP contribution in [0.3, 0.4) is 0 Å². The van der Waals surface area contributed by atoms with Crippen LogP contribution < -0.4 is 0 Å². The molecule has 0 radical (unpaired) electrons. The van der Waals surface area contributed by atoms with Crippen molar-refractivity contribution in [1.29, 1.82) is 0 Å². The molecule has 5 atom stereocenters. The van der Waals surface area contributed by atoms with Crippen molar-refractivity contribution in [2.75, 3.05) is 14.2 Å². The fraction of sp³-hybridized carbons (Fsp3) is 0.632. The van der Waals surface area contributed by atoms with E-state index in [9.17, 15) is 4.79 Å². The second kappa shape index (κ2) is 7.25. The maximum atomic E-state index is 12.0. The fourth-order valence-corrected chi connectivity index (χ4v) is 4.71. The van der Waals surface area contributed by atoms with Gasteiger partial charge in [0.15, 0.2) is 6.10 Å². The monoisotopic (exact) mass is 363 g/mol. The van der Waals surface area contributed by atoms with Gasteiger partial charge in [0.2, 0.25) is 5.79 Å². The van der Waals surface area contributed by atoms with E-state index in [4.69, 9.17) is 24.2 Å². The third-order valence-corrected chi connectivity index (χ3v) is 5.78. The number of ether oxygens (including phenoxy) is 1. The van der Waals surface area contributed by atoms with Gasteiger partial charge in [0, 0.05) is 24.7 Å². The number of hydrogen-bond donors (Lipinski definition) is 0. The standard InChI is InChI=1S/C19H25NO6/c1-22-18(21)16-12-15-17(13-8-4-3-5-9-13)14-10-6-7-11-19(14,26-23-2)25-20(15)24-16/h3-5,8-9,14-17H,6-7,10-12H2,1-2H3. The molecule has 2 saturated heterocycles. The van der Waals surface area contributed by atoms with Gasteiger partial charge in [-0.15, -0.1) is 0 Å². The van der Waals surface area contributed by atoms with Crippen LogP contribution in [0, 0.1) is 5.92 Å². The van der Waals surface area contributed by atoms with Crippen LogP contribution in [0.4, 0.5) is 0 Å². The Balaban J connectivity index is 1.73. The third kappa shape index (κ3) is 2.93. The van der Waals surface area contributed by atoms with Gasteiger partial charge in [0.25, 0.3) is 0 Å². The molecule has 5 unspecified atom stereocenters. The van der Waals surface area contributed by atoms with Crippen molar-refractivity contribution >= 4 is 5.97 Å². The summed E-state index contributed by atoms with van der Waals surface area (Å²) in [5, 5.41) is 1.46. The summed E-state index contributed by atoms with van der Waals surface area (Å²) in [6.07, 6.45) is 3.63. The summed E-state index contributed by atoms with van der Waals surface area (Å²) in [6.45, 7) is 0. The molecule has 0 spiro atoms. The van der Waals surface area contributed by atoms with Crippen molar-refractivity contribution in [2.24, 2.45) is 5.92 Å². The van der Waals surface area contributed by atoms with Crippen LogP contribution in [0.25, 0.3) is 0 Å². The molecule has 3 fully saturated rings. The number of fused-ring (bicyclic) bond motifs is 2. The number of carbonyl (C=O) groups is 1. The molecule has 1 aromatic carbocycles. The molecule has 2 heterocycles. The minimum Gasteiger partial charge on any atom is -0.467 e. The van der Waals surface area contributed by atoms with Crippen molar-refractivity contribution < 1.29 is 29.0 Å². The molecule has 0 aromatic heterocycles. The number of hydroxylamine groups is 2. The predicted molar refractivity (Wildman–Crippen MR) is 90.2 cm³/mol. The Hall–Kier alpha value is -1.51. The van der Waals surface area contributed by atoms with Crippen molar-refractivity contribution in [3.05, 3.63) is 35.9 Å². The van der Waals surface area contributed by atoms with Crippen LogP contribution in [0.15, 0.2) is 30.3 Å². The lowest BCUT2D eigenvalue weighted by molar-refractivity contribution is -0.546. The minimum absolute atomic E-state index is 0.0850. The second-order valence-electron chi connectivity index (χ2n) is 7.15. The minimum atomic E-state index is -0.908. The first-order valence-corrected chi connectivity index (χ1v) is 9.18. The topological polar surface area (TPSA) is 66.5 Å². The summed E-state index contributed by atoms with van der Waals surface area (Å²) >= 11 is 0. The van der Waals surface area contributed by atoms with E-state index >= 15 is 0 Å². The number of hydrogen-bond acceptors (Lipinski definition) is 7. The summed E-state index contributed by atoms with van der Waals surface area (Å²) in [5.74, 6) is -1.08. The van der Waals surface area contributed by atoms with Gasteiger partial charge in [-0.2, -0.15) is 4.89 Å². The lowest BCUT2D eigenvalue weighted by Crippen LogP contribution is -2.59. The van der Waals surface area contributed by atoms with E-state index in [1.165, 1.54) is 25.0 Å². The van der Waals surface area contributed by atoms with Gasteiger partial charge in [-0.05, 0) is 18.4 Å². The molecule has 26 heavy (non-hydrogen) atoms. The van der Waals surface area contributed by atoms with Crippen LogP contribution in [-0.2, 0) is 29.0 Å². The first kappa shape index (κ1) is 17.9. The molecule has 0 amide bonds. The molecule has 0 bridgehead atoms. The van der Waals surface area contributed by atoms with E-state index in [1.54, 1.807) is 0 Å². The highest BCUT2D eigenvalue weighted by Gasteiger charge is 2.60. The zero-order valence-corrected chi connectivity index (χ0v) is 15.1. The maximum absolute atomic E-state index is 12.0. The van der Waals surface area contributed by atoms with E-state index in [2.05, 4.69) is 12.1 Å². The number of carbonyl (C=O) groups excluding carboxylic acids is 1. The van der Waals surface area contributed by atoms with Crippen molar-refractivity contribution in [3.63, 3.8) is 0 Å². The molecule has 1 aliphatic carbocycles. The summed E-state index contributed by atoms with van der Waals surface area (Å²) < 4.78 is 4.87. The first-order chi connectivity index (χ1) is 12.7. The lowest BCUT2D eigenvalue weighted by atomic mass is 9.68. The lowest BCUT2D eigenvalue weighted by Gasteiger charge is -2.52. The van der Waals surface area contributed by atoms with Crippen LogP contribution in [0.5, 0.6) is 0 Å². The average Bonchev–Trinajstić information content (AvgIpc) is 3.09. The Labute approximate surface area is 152 Å². The third-order valence-electron chi connectivity index (χ3n) is 5.78. The molecular weight excluding hydrogens is 338 g/mol. The van der Waals surface area contributed by atoms with Crippen LogP contribution >= 0.6 is 0 Å². The zero-order chi connectivity index (χ0) is 18.1. The smallest absolute Gasteiger partial charge is 0.337 e. The molecule has 3 aliphatic rings. The Bertz CT molecular complexity index is 636. The summed E-state index contributed by atoms with van der Waals surface area (Å²) in [7, 11) is 2.86. The number of methoxy groups -OCH3 is 1. The highest BCUT2D eigenvalue weighted by atomic mass is 17.2. The molecule has 142 valence electrons. The van der Waals surface area contributed by atoms with Crippen molar-refractivity contribution in [3.8, 4) is 0 Å². The normalized spacial score (nSPS) is 37.0. The first-order valence-electron chi connectivity index (χ1n) is 9.18. The molecule has 1 aromatic rings. The quantitative estimate of drug-likeness (QED) is 0.463. The number of nitrogens with zero attached hydrogens (tertiary/aromatic N) is 1. The van der Waals surface area contributed by atoms with Crippen LogP contribution in [0.1, 0.15) is 43.6 Å². The van der Waals surface area contributed by atoms with E-state index in [0.717, 1.165) is 19.3 Å². The van der Waals surface area contributed by atoms with E-state index in [0.29, 0.717) is 12.8 Å².